The molecule has 2 aliphatic heterocycles. The van der Waals surface area contributed by atoms with Gasteiger partial charge in [-0.15, -0.1) is 0 Å². The summed E-state index contributed by atoms with van der Waals surface area (Å²) in [5.41, 5.74) is -2.63. The quantitative estimate of drug-likeness (QED) is 0.774. The number of nitrogens with one attached hydrogen (secondary N) is 1. The fraction of sp³-hybridized carbons (Fsp3) is 0.615. The van der Waals surface area contributed by atoms with Crippen molar-refractivity contribution in [2.45, 2.75) is 32.3 Å². The number of nitrogens with zero attached hydrogens (tertiary/aromatic N) is 2. The molecule has 1 aromatic heterocycles. The van der Waals surface area contributed by atoms with Crippen molar-refractivity contribution in [1.82, 2.24) is 9.55 Å². The summed E-state index contributed by atoms with van der Waals surface area (Å²) in [5.74, 6) is 0. The first kappa shape index (κ1) is 17.1. The molecule has 0 amide bonds. The lowest BCUT2D eigenvalue weighted by Crippen LogP contribution is -2.43. The molecule has 0 radical (unpaired) electrons. The highest BCUT2D eigenvalue weighted by Crippen LogP contribution is 2.60. The number of phosphoric acid groups is 1. The molecule has 130 valence electrons. The molecule has 5 atom stereocenters. The lowest BCUT2D eigenvalue weighted by Gasteiger charge is -2.34. The van der Waals surface area contributed by atoms with Crippen molar-refractivity contribution in [3.05, 3.63) is 33.1 Å². The van der Waals surface area contributed by atoms with Crippen LogP contribution in [-0.4, -0.2) is 35.0 Å². The molecule has 3 rings (SSSR count). The highest BCUT2D eigenvalue weighted by Gasteiger charge is 2.61. The zero-order valence-corrected chi connectivity index (χ0v) is 13.9. The summed E-state index contributed by atoms with van der Waals surface area (Å²) < 4.78 is 34.8. The van der Waals surface area contributed by atoms with Crippen molar-refractivity contribution >= 4 is 7.82 Å². The second-order valence-corrected chi connectivity index (χ2v) is 7.25. The van der Waals surface area contributed by atoms with Gasteiger partial charge >= 0.3 is 13.5 Å². The molecule has 1 N–H and O–H groups in total. The molecule has 0 saturated carbocycles. The van der Waals surface area contributed by atoms with E-state index < -0.39 is 42.9 Å². The van der Waals surface area contributed by atoms with Crippen molar-refractivity contribution in [1.29, 1.82) is 5.26 Å². The van der Waals surface area contributed by atoms with Crippen LogP contribution in [0.4, 0.5) is 0 Å². The Morgan fingerprint density at radius 2 is 2.33 bits per heavy atom. The van der Waals surface area contributed by atoms with E-state index in [1.807, 2.05) is 0 Å². The topological polar surface area (TPSA) is 133 Å². The number of H-pyrrole nitrogens is 1. The largest absolute Gasteiger partial charge is 0.475 e. The average Bonchev–Trinajstić information content (AvgIpc) is 2.81. The van der Waals surface area contributed by atoms with Gasteiger partial charge in [0.1, 0.15) is 17.6 Å². The second kappa shape index (κ2) is 5.95. The minimum absolute atomic E-state index is 0.103. The standard InChI is InChI=1S/C13H16N3O7P/c1-3-20-24(19)21-6-8-10(23-24)13(2,7-14)11(22-8)16-5-4-9(17)15-12(16)18/h4-5,8,10-11H,3,6H2,1-2H3,(H,15,17,18). The summed E-state index contributed by atoms with van der Waals surface area (Å²) in [6.45, 7) is 3.17. The normalized spacial score (nSPS) is 38.5. The molecule has 2 fully saturated rings. The van der Waals surface area contributed by atoms with Gasteiger partial charge in [0.15, 0.2) is 6.23 Å². The molecule has 0 spiro atoms. The predicted molar refractivity (Wildman–Crippen MR) is 79.0 cm³/mol. The maximum Gasteiger partial charge on any atom is 0.475 e. The Labute approximate surface area is 136 Å². The van der Waals surface area contributed by atoms with E-state index in [0.29, 0.717) is 0 Å². The Bertz CT molecular complexity index is 843. The monoisotopic (exact) mass is 357 g/mol. The van der Waals surface area contributed by atoms with E-state index >= 15 is 0 Å². The number of phosphoric ester groups is 1. The van der Waals surface area contributed by atoms with Crippen LogP contribution in [-0.2, 0) is 22.9 Å². The van der Waals surface area contributed by atoms with E-state index in [2.05, 4.69) is 11.1 Å². The van der Waals surface area contributed by atoms with Crippen LogP contribution < -0.4 is 11.2 Å². The minimum Gasteiger partial charge on any atom is -0.348 e. The molecular formula is C13H16N3O7P. The van der Waals surface area contributed by atoms with Gasteiger partial charge in [0.2, 0.25) is 0 Å². The van der Waals surface area contributed by atoms with E-state index in [1.165, 1.54) is 13.1 Å². The molecule has 3 heterocycles. The number of hydrogen-bond donors (Lipinski definition) is 1. The number of hydrogen-bond acceptors (Lipinski definition) is 8. The highest BCUT2D eigenvalue weighted by molar-refractivity contribution is 7.48. The molecule has 0 bridgehead atoms. The Morgan fingerprint density at radius 3 is 2.96 bits per heavy atom. The number of aromatic nitrogens is 2. The Balaban J connectivity index is 2.00. The first-order chi connectivity index (χ1) is 11.3. The number of ether oxygens (including phenoxy) is 1. The van der Waals surface area contributed by atoms with Gasteiger partial charge in [0.05, 0.1) is 19.3 Å². The van der Waals surface area contributed by atoms with Crippen LogP contribution in [0.3, 0.4) is 0 Å². The molecule has 1 aromatic rings. The van der Waals surface area contributed by atoms with Crippen molar-refractivity contribution in [3.63, 3.8) is 0 Å². The van der Waals surface area contributed by atoms with Crippen molar-refractivity contribution in [2.75, 3.05) is 13.2 Å². The van der Waals surface area contributed by atoms with Crippen LogP contribution in [0.25, 0.3) is 0 Å². The molecule has 10 nitrogen and oxygen atoms in total. The summed E-state index contributed by atoms with van der Waals surface area (Å²) in [7, 11) is -3.79. The SMILES string of the molecule is CCOP1(=O)OCC2OC(n3ccc(=O)[nH]c3=O)C(C)(C#N)C2O1. The van der Waals surface area contributed by atoms with Crippen molar-refractivity contribution in [3.8, 4) is 6.07 Å². The van der Waals surface area contributed by atoms with E-state index in [1.54, 1.807) is 6.92 Å². The number of rotatable bonds is 3. The van der Waals surface area contributed by atoms with Gasteiger partial charge in [-0.1, -0.05) is 0 Å². The van der Waals surface area contributed by atoms with Crippen LogP contribution in [0.2, 0.25) is 0 Å². The third kappa shape index (κ3) is 2.64. The predicted octanol–water partition coefficient (Wildman–Crippen LogP) is 0.524. The lowest BCUT2D eigenvalue weighted by molar-refractivity contribution is -0.0719. The van der Waals surface area contributed by atoms with Gasteiger partial charge < -0.3 is 4.74 Å². The molecule has 24 heavy (non-hydrogen) atoms. The third-order valence-electron chi connectivity index (χ3n) is 4.02. The number of fused-ring (bicyclic) bond motifs is 1. The van der Waals surface area contributed by atoms with E-state index in [-0.39, 0.29) is 13.2 Å². The smallest absolute Gasteiger partial charge is 0.348 e. The first-order valence-electron chi connectivity index (χ1n) is 7.28. The summed E-state index contributed by atoms with van der Waals surface area (Å²) >= 11 is 0. The van der Waals surface area contributed by atoms with Crippen LogP contribution in [0.15, 0.2) is 21.9 Å². The van der Waals surface area contributed by atoms with Crippen LogP contribution in [0, 0.1) is 16.7 Å². The number of aromatic amines is 1. The molecular weight excluding hydrogens is 341 g/mol. The minimum atomic E-state index is -3.79. The maximum atomic E-state index is 12.4. The molecule has 2 aliphatic rings. The summed E-state index contributed by atoms with van der Waals surface area (Å²) in [5, 5.41) is 9.67. The molecule has 5 unspecified atom stereocenters. The number of nitriles is 1. The lowest BCUT2D eigenvalue weighted by atomic mass is 9.84. The van der Waals surface area contributed by atoms with E-state index in [4.69, 9.17) is 18.3 Å². The van der Waals surface area contributed by atoms with Gasteiger partial charge in [-0.3, -0.25) is 27.9 Å². The molecule has 11 heteroatoms. The molecule has 2 saturated heterocycles. The summed E-state index contributed by atoms with van der Waals surface area (Å²) in [6, 6.07) is 3.22. The molecule has 0 aromatic carbocycles. The third-order valence-corrected chi connectivity index (χ3v) is 5.54. The van der Waals surface area contributed by atoms with Crippen LogP contribution >= 0.6 is 7.82 Å². The maximum absolute atomic E-state index is 12.4. The van der Waals surface area contributed by atoms with Crippen molar-refractivity contribution < 1.29 is 22.9 Å². The summed E-state index contributed by atoms with van der Waals surface area (Å²) in [4.78, 5) is 25.4. The highest BCUT2D eigenvalue weighted by atomic mass is 31.2. The van der Waals surface area contributed by atoms with Gasteiger partial charge in [-0.25, -0.2) is 9.36 Å². The van der Waals surface area contributed by atoms with Crippen LogP contribution in [0.5, 0.6) is 0 Å². The summed E-state index contributed by atoms with van der Waals surface area (Å²) in [6.07, 6.45) is -1.43. The van der Waals surface area contributed by atoms with Gasteiger partial charge in [-0.2, -0.15) is 5.26 Å². The van der Waals surface area contributed by atoms with Gasteiger partial charge in [0.25, 0.3) is 5.56 Å². The van der Waals surface area contributed by atoms with Gasteiger partial charge in [-0.05, 0) is 13.8 Å². The fourth-order valence-corrected chi connectivity index (χ4v) is 4.33. The second-order valence-electron chi connectivity index (χ2n) is 5.63. The van der Waals surface area contributed by atoms with E-state index in [0.717, 1.165) is 10.6 Å². The van der Waals surface area contributed by atoms with Crippen molar-refractivity contribution in [2.24, 2.45) is 5.41 Å². The zero-order chi connectivity index (χ0) is 17.5. The Hall–Kier alpha value is -1.76. The average molecular weight is 357 g/mol. The van der Waals surface area contributed by atoms with Gasteiger partial charge in [0, 0.05) is 12.3 Å². The Morgan fingerprint density at radius 1 is 1.58 bits per heavy atom. The zero-order valence-electron chi connectivity index (χ0n) is 13.0. The Kier molecular flexibility index (Phi) is 4.23. The first-order valence-corrected chi connectivity index (χ1v) is 8.75. The molecule has 0 aliphatic carbocycles. The van der Waals surface area contributed by atoms with E-state index in [9.17, 15) is 19.4 Å². The fourth-order valence-electron chi connectivity index (χ4n) is 2.85. The van der Waals surface area contributed by atoms with Crippen LogP contribution in [0.1, 0.15) is 20.1 Å².